The van der Waals surface area contributed by atoms with Crippen LogP contribution in [-0.2, 0) is 10.3 Å². The summed E-state index contributed by atoms with van der Waals surface area (Å²) in [6.07, 6.45) is 10.8. The third-order valence-electron chi connectivity index (χ3n) is 6.88. The molecule has 0 spiro atoms. The van der Waals surface area contributed by atoms with E-state index in [1.807, 2.05) is 16.9 Å². The average Bonchev–Trinajstić information content (AvgIpc) is 3.24. The minimum absolute atomic E-state index is 0.277. The Balaban J connectivity index is 1.41. The minimum atomic E-state index is -0.489. The van der Waals surface area contributed by atoms with Gasteiger partial charge in [0.2, 0.25) is 0 Å². The molecule has 3 fully saturated rings. The molecule has 0 unspecified atom stereocenters. The highest BCUT2D eigenvalue weighted by Gasteiger charge is 2.45. The molecule has 0 radical (unpaired) electrons. The van der Waals surface area contributed by atoms with Crippen LogP contribution < -0.4 is 5.32 Å². The number of hydrogen-bond acceptors (Lipinski definition) is 4. The van der Waals surface area contributed by atoms with E-state index < -0.39 is 5.54 Å². The van der Waals surface area contributed by atoms with Gasteiger partial charge in [-0.2, -0.15) is 5.10 Å². The minimum Gasteiger partial charge on any atom is -0.338 e. The number of nitrogens with one attached hydrogen (secondary N) is 1. The summed E-state index contributed by atoms with van der Waals surface area (Å²) in [7, 11) is 0. The van der Waals surface area contributed by atoms with Crippen molar-refractivity contribution in [1.29, 1.82) is 0 Å². The van der Waals surface area contributed by atoms with Gasteiger partial charge in [0, 0.05) is 44.6 Å². The summed E-state index contributed by atoms with van der Waals surface area (Å²) in [6, 6.07) is 2.67. The van der Waals surface area contributed by atoms with E-state index in [2.05, 4.69) is 27.1 Å². The van der Waals surface area contributed by atoms with Gasteiger partial charge in [0.05, 0.1) is 0 Å². The van der Waals surface area contributed by atoms with Gasteiger partial charge in [0.15, 0.2) is 0 Å². The van der Waals surface area contributed by atoms with Crippen molar-refractivity contribution in [2.24, 2.45) is 5.92 Å². The highest BCUT2D eigenvalue weighted by Crippen LogP contribution is 2.31. The lowest BCUT2D eigenvalue weighted by Crippen LogP contribution is -2.60. The number of piperazine rings is 1. The molecule has 144 valence electrons. The highest BCUT2D eigenvalue weighted by atomic mass is 16.2. The van der Waals surface area contributed by atoms with Crippen LogP contribution >= 0.6 is 0 Å². The molecule has 1 aromatic rings. The molecule has 0 atom stereocenters. The van der Waals surface area contributed by atoms with Crippen LogP contribution in [0.4, 0.5) is 0 Å². The summed E-state index contributed by atoms with van der Waals surface area (Å²) in [5.74, 6) is 1.17. The van der Waals surface area contributed by atoms with Gasteiger partial charge in [-0.15, -0.1) is 0 Å². The van der Waals surface area contributed by atoms with Crippen LogP contribution in [-0.4, -0.2) is 70.8 Å². The highest BCUT2D eigenvalue weighted by molar-refractivity contribution is 5.84. The van der Waals surface area contributed by atoms with Gasteiger partial charge in [0.1, 0.15) is 5.54 Å². The average molecular weight is 360 g/mol. The van der Waals surface area contributed by atoms with Crippen LogP contribution in [0.5, 0.6) is 0 Å². The molecule has 0 bridgehead atoms. The Kier molecular flexibility index (Phi) is 5.32. The van der Waals surface area contributed by atoms with Gasteiger partial charge < -0.3 is 10.2 Å². The molecule has 2 aliphatic heterocycles. The van der Waals surface area contributed by atoms with E-state index in [4.69, 9.17) is 0 Å². The van der Waals surface area contributed by atoms with Crippen molar-refractivity contribution in [2.75, 3.05) is 39.3 Å². The Morgan fingerprint density at radius 3 is 2.38 bits per heavy atom. The van der Waals surface area contributed by atoms with Gasteiger partial charge in [0.25, 0.3) is 5.91 Å². The van der Waals surface area contributed by atoms with Gasteiger partial charge in [-0.05, 0) is 63.6 Å². The lowest BCUT2D eigenvalue weighted by Gasteiger charge is -2.45. The molecule has 6 nitrogen and oxygen atoms in total. The van der Waals surface area contributed by atoms with E-state index in [1.54, 1.807) is 6.20 Å². The standard InChI is InChI=1S/C20H33N5O/c1-17-3-5-18(6-4-17)23-13-15-24(16-14-23)19(26)20(7-10-21-11-8-20)25-12-2-9-22-25/h2,9,12,17-18,21H,3-8,10-11,13-16H2,1H3. The maximum absolute atomic E-state index is 13.5. The number of nitrogens with zero attached hydrogens (tertiary/aromatic N) is 4. The Bertz CT molecular complexity index is 579. The first-order chi connectivity index (χ1) is 12.7. The first kappa shape index (κ1) is 18.0. The van der Waals surface area contributed by atoms with E-state index >= 15 is 0 Å². The number of aromatic nitrogens is 2. The van der Waals surface area contributed by atoms with E-state index in [9.17, 15) is 4.79 Å². The second kappa shape index (κ2) is 7.69. The third-order valence-corrected chi connectivity index (χ3v) is 6.88. The first-order valence-corrected chi connectivity index (χ1v) is 10.4. The topological polar surface area (TPSA) is 53.4 Å². The van der Waals surface area contributed by atoms with Crippen LogP contribution in [0.15, 0.2) is 18.5 Å². The second-order valence-corrected chi connectivity index (χ2v) is 8.47. The molecule has 4 rings (SSSR count). The Hall–Kier alpha value is -1.40. The normalized spacial score (nSPS) is 30.3. The monoisotopic (exact) mass is 359 g/mol. The fourth-order valence-corrected chi connectivity index (χ4v) is 5.10. The fraction of sp³-hybridized carbons (Fsp3) is 0.800. The molecule has 1 N–H and O–H groups in total. The zero-order chi connectivity index (χ0) is 18.0. The molecule has 1 amide bonds. The van der Waals surface area contributed by atoms with Crippen molar-refractivity contribution < 1.29 is 4.79 Å². The molecule has 6 heteroatoms. The lowest BCUT2D eigenvalue weighted by atomic mass is 9.85. The van der Waals surface area contributed by atoms with Crippen LogP contribution in [0.2, 0.25) is 0 Å². The molecule has 1 aliphatic carbocycles. The molecule has 2 saturated heterocycles. The zero-order valence-electron chi connectivity index (χ0n) is 16.1. The summed E-state index contributed by atoms with van der Waals surface area (Å²) in [4.78, 5) is 18.3. The predicted octanol–water partition coefficient (Wildman–Crippen LogP) is 1.68. The number of hydrogen-bond donors (Lipinski definition) is 1. The number of rotatable bonds is 3. The summed E-state index contributed by atoms with van der Waals surface area (Å²) < 4.78 is 1.92. The summed E-state index contributed by atoms with van der Waals surface area (Å²) in [5, 5.41) is 7.85. The SMILES string of the molecule is CC1CCC(N2CCN(C(=O)C3(n4cccn4)CCNCC3)CC2)CC1. The van der Waals surface area contributed by atoms with Crippen LogP contribution in [0.1, 0.15) is 45.4 Å². The van der Waals surface area contributed by atoms with Crippen molar-refractivity contribution in [3.8, 4) is 0 Å². The van der Waals surface area contributed by atoms with E-state index in [-0.39, 0.29) is 5.91 Å². The Morgan fingerprint density at radius 1 is 1.08 bits per heavy atom. The first-order valence-electron chi connectivity index (χ1n) is 10.4. The fourth-order valence-electron chi connectivity index (χ4n) is 5.10. The van der Waals surface area contributed by atoms with Gasteiger partial charge in [-0.25, -0.2) is 0 Å². The zero-order valence-corrected chi connectivity index (χ0v) is 16.1. The van der Waals surface area contributed by atoms with Crippen LogP contribution in [0.25, 0.3) is 0 Å². The Morgan fingerprint density at radius 2 is 1.77 bits per heavy atom. The molecule has 1 saturated carbocycles. The number of amides is 1. The summed E-state index contributed by atoms with van der Waals surface area (Å²) in [6.45, 7) is 7.91. The Labute approximate surface area is 156 Å². The summed E-state index contributed by atoms with van der Waals surface area (Å²) in [5.41, 5.74) is -0.489. The number of carbonyl (C=O) groups is 1. The molecule has 3 heterocycles. The summed E-state index contributed by atoms with van der Waals surface area (Å²) >= 11 is 0. The number of carbonyl (C=O) groups excluding carboxylic acids is 1. The van der Waals surface area contributed by atoms with E-state index in [1.165, 1.54) is 25.7 Å². The molecule has 0 aromatic carbocycles. The van der Waals surface area contributed by atoms with Crippen LogP contribution in [0.3, 0.4) is 0 Å². The third kappa shape index (κ3) is 3.41. The van der Waals surface area contributed by atoms with E-state index in [0.717, 1.165) is 64.1 Å². The van der Waals surface area contributed by atoms with Crippen molar-refractivity contribution in [1.82, 2.24) is 24.9 Å². The van der Waals surface area contributed by atoms with E-state index in [0.29, 0.717) is 0 Å². The van der Waals surface area contributed by atoms with Crippen molar-refractivity contribution >= 4 is 5.91 Å². The molecular formula is C20H33N5O. The maximum atomic E-state index is 13.5. The maximum Gasteiger partial charge on any atom is 0.250 e. The van der Waals surface area contributed by atoms with Crippen LogP contribution in [0, 0.1) is 5.92 Å². The predicted molar refractivity (Wildman–Crippen MR) is 102 cm³/mol. The second-order valence-electron chi connectivity index (χ2n) is 8.47. The number of piperidine rings is 1. The van der Waals surface area contributed by atoms with Crippen molar-refractivity contribution in [2.45, 2.75) is 57.0 Å². The lowest BCUT2D eigenvalue weighted by molar-refractivity contribution is -0.145. The van der Waals surface area contributed by atoms with Gasteiger partial charge in [-0.3, -0.25) is 14.4 Å². The largest absolute Gasteiger partial charge is 0.338 e. The molecule has 26 heavy (non-hydrogen) atoms. The molecular weight excluding hydrogens is 326 g/mol. The van der Waals surface area contributed by atoms with Gasteiger partial charge >= 0.3 is 0 Å². The molecule has 3 aliphatic rings. The van der Waals surface area contributed by atoms with Crippen molar-refractivity contribution in [3.63, 3.8) is 0 Å². The quantitative estimate of drug-likeness (QED) is 0.892. The van der Waals surface area contributed by atoms with Crippen molar-refractivity contribution in [3.05, 3.63) is 18.5 Å². The smallest absolute Gasteiger partial charge is 0.250 e. The van der Waals surface area contributed by atoms with Gasteiger partial charge in [-0.1, -0.05) is 6.92 Å². The molecule has 1 aromatic heterocycles.